The van der Waals surface area contributed by atoms with Crippen LogP contribution in [0.1, 0.15) is 25.8 Å². The van der Waals surface area contributed by atoms with Crippen LogP contribution in [0.3, 0.4) is 0 Å². The molecule has 1 saturated heterocycles. The molecule has 6 nitrogen and oxygen atoms in total. The number of hydrogen-bond acceptors (Lipinski definition) is 5. The fraction of sp³-hybridized carbons (Fsp3) is 0.611. The van der Waals surface area contributed by atoms with Crippen molar-refractivity contribution in [2.75, 3.05) is 19.8 Å². The number of alkyl halides is 3. The van der Waals surface area contributed by atoms with Crippen molar-refractivity contribution < 1.29 is 55.1 Å². The lowest BCUT2D eigenvalue weighted by atomic mass is 10.1. The molecule has 1 aliphatic rings. The lowest BCUT2D eigenvalue weighted by Gasteiger charge is -2.31. The summed E-state index contributed by atoms with van der Waals surface area (Å²) in [6, 6.07) is 3.65. The van der Waals surface area contributed by atoms with E-state index in [-0.39, 0.29) is 31.4 Å². The van der Waals surface area contributed by atoms with Gasteiger partial charge in [-0.05, 0) is 37.6 Å². The lowest BCUT2D eigenvalue weighted by molar-refractivity contribution is -0.415. The minimum absolute atomic E-state index is 0. The maximum Gasteiger partial charge on any atom is 0.416 e. The zero-order chi connectivity index (χ0) is 20.0. The minimum Gasteiger partial charge on any atom is -1.00 e. The Morgan fingerprint density at radius 2 is 1.86 bits per heavy atom. The van der Waals surface area contributed by atoms with E-state index in [0.717, 1.165) is 18.6 Å². The van der Waals surface area contributed by atoms with E-state index in [0.29, 0.717) is 6.61 Å². The number of ether oxygens (including phenoxy) is 4. The molecule has 1 aromatic rings. The fourth-order valence-electron chi connectivity index (χ4n) is 2.60. The summed E-state index contributed by atoms with van der Waals surface area (Å²) in [7, 11) is 0. The Morgan fingerprint density at radius 1 is 1.21 bits per heavy atom. The van der Waals surface area contributed by atoms with Crippen LogP contribution in [0.15, 0.2) is 24.3 Å². The molecule has 0 aliphatic carbocycles. The molecular formula is C18H25ClF3NO5. The van der Waals surface area contributed by atoms with Crippen LogP contribution >= 0.6 is 0 Å². The predicted octanol–water partition coefficient (Wildman–Crippen LogP) is -1.18. The summed E-state index contributed by atoms with van der Waals surface area (Å²) in [5.41, 5.74) is 2.93. The van der Waals surface area contributed by atoms with Crippen LogP contribution in [0.4, 0.5) is 13.2 Å². The van der Waals surface area contributed by atoms with E-state index in [1.807, 2.05) is 6.92 Å². The van der Waals surface area contributed by atoms with Gasteiger partial charge in [-0.15, -0.1) is 0 Å². The number of rotatable bonds is 5. The molecule has 0 bridgehead atoms. The largest absolute Gasteiger partial charge is 1.00 e. The normalized spacial score (nSPS) is 26.3. The molecule has 160 valence electrons. The number of hydrogen-bond donors (Lipinski definition) is 1. The highest BCUT2D eigenvalue weighted by Crippen LogP contribution is 2.31. The van der Waals surface area contributed by atoms with Crippen molar-refractivity contribution in [2.45, 2.75) is 50.8 Å². The van der Waals surface area contributed by atoms with E-state index in [4.69, 9.17) is 18.9 Å². The van der Waals surface area contributed by atoms with Gasteiger partial charge in [0.15, 0.2) is 6.10 Å². The average molecular weight is 428 g/mol. The number of quaternary nitrogens is 1. The first-order valence-corrected chi connectivity index (χ1v) is 8.79. The molecule has 28 heavy (non-hydrogen) atoms. The van der Waals surface area contributed by atoms with Crippen molar-refractivity contribution in [1.29, 1.82) is 0 Å². The average Bonchev–Trinajstić information content (AvgIpc) is 2.65. The monoisotopic (exact) mass is 427 g/mol. The zero-order valence-corrected chi connectivity index (χ0v) is 16.5. The Bertz CT molecular complexity index is 614. The second-order valence-electron chi connectivity index (χ2n) is 6.39. The summed E-state index contributed by atoms with van der Waals surface area (Å²) < 4.78 is 60.7. The fourth-order valence-corrected chi connectivity index (χ4v) is 2.60. The van der Waals surface area contributed by atoms with E-state index in [2.05, 4.69) is 5.73 Å². The second kappa shape index (κ2) is 10.8. The molecule has 0 amide bonds. The summed E-state index contributed by atoms with van der Waals surface area (Å²) in [6.45, 7) is 4.27. The maximum atomic E-state index is 12.7. The number of carbonyl (C=O) groups is 1. The van der Waals surface area contributed by atoms with E-state index >= 15 is 0 Å². The predicted molar refractivity (Wildman–Crippen MR) is 88.9 cm³/mol. The first-order valence-electron chi connectivity index (χ1n) is 8.79. The highest BCUT2D eigenvalue weighted by molar-refractivity contribution is 5.74. The summed E-state index contributed by atoms with van der Waals surface area (Å²) in [5, 5.41) is 0. The molecule has 0 saturated carbocycles. The van der Waals surface area contributed by atoms with Crippen LogP contribution in [0.25, 0.3) is 0 Å². The molecule has 10 heteroatoms. The molecule has 1 heterocycles. The summed E-state index contributed by atoms with van der Waals surface area (Å²) in [6.07, 6.45) is -5.67. The molecule has 1 fully saturated rings. The summed E-state index contributed by atoms with van der Waals surface area (Å²) in [4.78, 5) is 12.0. The van der Waals surface area contributed by atoms with Crippen molar-refractivity contribution in [3.8, 4) is 5.75 Å². The first-order chi connectivity index (χ1) is 12.7. The standard InChI is InChI=1S/C18H24F3NO5.ClH/c1-3-8-25-15-10-24-9-14(22)17(23)26-11(2)16(15)27-13-6-4-12(5-7-13)18(19,20)21;/h4-7,11,14-16H,3,8-10,22H2,1-2H3;1H/t11-,14-,15-,16-;/m0./s1. The van der Waals surface area contributed by atoms with Gasteiger partial charge >= 0.3 is 12.1 Å². The van der Waals surface area contributed by atoms with Crippen molar-refractivity contribution in [3.63, 3.8) is 0 Å². The number of esters is 1. The molecule has 0 radical (unpaired) electrons. The van der Waals surface area contributed by atoms with Gasteiger partial charge in [0.25, 0.3) is 0 Å². The zero-order valence-electron chi connectivity index (χ0n) is 15.7. The van der Waals surface area contributed by atoms with Crippen molar-refractivity contribution in [3.05, 3.63) is 29.8 Å². The van der Waals surface area contributed by atoms with Gasteiger partial charge in [-0.2, -0.15) is 13.2 Å². The third kappa shape index (κ3) is 6.80. The smallest absolute Gasteiger partial charge is 0.416 e. The molecule has 1 aliphatic heterocycles. The molecule has 0 spiro atoms. The molecular weight excluding hydrogens is 403 g/mol. The van der Waals surface area contributed by atoms with Crippen LogP contribution in [0.2, 0.25) is 0 Å². The molecule has 4 atom stereocenters. The number of carbonyl (C=O) groups excluding carboxylic acids is 1. The molecule has 1 aromatic carbocycles. The van der Waals surface area contributed by atoms with Crippen LogP contribution in [-0.4, -0.2) is 50.1 Å². The van der Waals surface area contributed by atoms with Crippen LogP contribution in [0.5, 0.6) is 5.75 Å². The summed E-state index contributed by atoms with van der Waals surface area (Å²) >= 11 is 0. The van der Waals surface area contributed by atoms with E-state index in [1.165, 1.54) is 12.1 Å². The number of cyclic esters (lactones) is 1. The molecule has 0 aromatic heterocycles. The van der Waals surface area contributed by atoms with Gasteiger partial charge in [0.05, 0.1) is 12.2 Å². The Morgan fingerprint density at radius 3 is 2.43 bits per heavy atom. The SMILES string of the molecule is CCCO[C@H]1COC[C@H]([NH3+])C(=O)O[C@@H](C)[C@@H]1Oc1ccc(C(F)(F)F)cc1.[Cl-]. The number of halogens is 4. The van der Waals surface area contributed by atoms with Gasteiger partial charge in [-0.3, -0.25) is 0 Å². The summed E-state index contributed by atoms with van der Waals surface area (Å²) in [5.74, 6) is -0.314. The van der Waals surface area contributed by atoms with Gasteiger partial charge in [0.2, 0.25) is 6.04 Å². The quantitative estimate of drug-likeness (QED) is 0.599. The van der Waals surface area contributed by atoms with Gasteiger partial charge in [-0.25, -0.2) is 4.79 Å². The highest BCUT2D eigenvalue weighted by atomic mass is 35.5. The Balaban J connectivity index is 0.00000392. The third-order valence-corrected chi connectivity index (χ3v) is 4.06. The highest BCUT2D eigenvalue weighted by Gasteiger charge is 2.37. The third-order valence-electron chi connectivity index (χ3n) is 4.06. The lowest BCUT2D eigenvalue weighted by Crippen LogP contribution is -3.00. The van der Waals surface area contributed by atoms with E-state index < -0.39 is 42.1 Å². The van der Waals surface area contributed by atoms with Gasteiger partial charge < -0.3 is 37.1 Å². The van der Waals surface area contributed by atoms with Crippen molar-refractivity contribution in [1.82, 2.24) is 0 Å². The van der Waals surface area contributed by atoms with Crippen LogP contribution in [0, 0.1) is 0 Å². The molecule has 3 N–H and O–H groups in total. The first kappa shape index (κ1) is 24.5. The van der Waals surface area contributed by atoms with Crippen molar-refractivity contribution in [2.24, 2.45) is 0 Å². The van der Waals surface area contributed by atoms with Gasteiger partial charge in [0, 0.05) is 6.61 Å². The molecule has 2 rings (SSSR count). The van der Waals surface area contributed by atoms with Gasteiger partial charge in [0.1, 0.15) is 24.6 Å². The maximum absolute atomic E-state index is 12.7. The Hall–Kier alpha value is -1.55. The van der Waals surface area contributed by atoms with Crippen LogP contribution < -0.4 is 22.9 Å². The van der Waals surface area contributed by atoms with E-state index in [1.54, 1.807) is 6.92 Å². The number of benzene rings is 1. The topological polar surface area (TPSA) is 81.6 Å². The van der Waals surface area contributed by atoms with E-state index in [9.17, 15) is 18.0 Å². The van der Waals surface area contributed by atoms with Crippen molar-refractivity contribution >= 4 is 5.97 Å². The Kier molecular flexibility index (Phi) is 9.49. The minimum atomic E-state index is -4.43. The van der Waals surface area contributed by atoms with Gasteiger partial charge in [-0.1, -0.05) is 6.92 Å². The Labute approximate surface area is 167 Å². The molecule has 0 unspecified atom stereocenters. The second-order valence-corrected chi connectivity index (χ2v) is 6.39. The van der Waals surface area contributed by atoms with Crippen LogP contribution in [-0.2, 0) is 25.2 Å².